The summed E-state index contributed by atoms with van der Waals surface area (Å²) in [6.45, 7) is 7.51. The lowest BCUT2D eigenvalue weighted by Gasteiger charge is -2.11. The van der Waals surface area contributed by atoms with Crippen LogP contribution in [0.4, 0.5) is 5.69 Å². The molecule has 0 radical (unpaired) electrons. The van der Waals surface area contributed by atoms with E-state index in [0.29, 0.717) is 5.69 Å². The van der Waals surface area contributed by atoms with Crippen LogP contribution in [0.25, 0.3) is 6.08 Å². The number of nitrogens with one attached hydrogen (secondary N) is 1. The SMILES string of the molecule is C=C/C=C/c1cc(C)ccc1NS(=O)(=O)c1ccc(C)cc1. The largest absolute Gasteiger partial charge is 0.279 e. The fraction of sp³-hybridized carbons (Fsp3) is 0.111. The first-order valence-electron chi connectivity index (χ1n) is 6.91. The summed E-state index contributed by atoms with van der Waals surface area (Å²) in [6.07, 6.45) is 5.26. The second-order valence-corrected chi connectivity index (χ2v) is 6.79. The van der Waals surface area contributed by atoms with Crippen molar-refractivity contribution in [2.45, 2.75) is 18.7 Å². The van der Waals surface area contributed by atoms with Crippen molar-refractivity contribution >= 4 is 21.8 Å². The number of allylic oxidation sites excluding steroid dienone is 2. The van der Waals surface area contributed by atoms with Crippen LogP contribution in [0, 0.1) is 13.8 Å². The van der Waals surface area contributed by atoms with Gasteiger partial charge in [-0.25, -0.2) is 8.42 Å². The summed E-state index contributed by atoms with van der Waals surface area (Å²) in [5.41, 5.74) is 3.42. The maximum atomic E-state index is 12.5. The molecule has 0 heterocycles. The van der Waals surface area contributed by atoms with Gasteiger partial charge in [-0.2, -0.15) is 0 Å². The van der Waals surface area contributed by atoms with Crippen LogP contribution in [0.3, 0.4) is 0 Å². The van der Waals surface area contributed by atoms with Gasteiger partial charge in [-0.1, -0.05) is 54.1 Å². The standard InChI is InChI=1S/C18H19NO2S/c1-4-5-6-16-13-15(3)9-12-18(16)19-22(20,21)17-10-7-14(2)8-11-17/h4-13,19H,1H2,2-3H3/b6-5+. The minimum Gasteiger partial charge on any atom is -0.279 e. The van der Waals surface area contributed by atoms with E-state index in [1.807, 2.05) is 32.1 Å². The van der Waals surface area contributed by atoms with Crippen LogP contribution in [-0.2, 0) is 10.0 Å². The van der Waals surface area contributed by atoms with E-state index in [1.54, 1.807) is 42.5 Å². The summed E-state index contributed by atoms with van der Waals surface area (Å²) in [6, 6.07) is 12.3. The van der Waals surface area contributed by atoms with Crippen LogP contribution in [0.2, 0.25) is 0 Å². The van der Waals surface area contributed by atoms with E-state index in [1.165, 1.54) is 0 Å². The van der Waals surface area contributed by atoms with Crippen molar-refractivity contribution in [1.82, 2.24) is 0 Å². The molecule has 0 bridgehead atoms. The van der Waals surface area contributed by atoms with E-state index in [-0.39, 0.29) is 4.90 Å². The molecule has 4 heteroatoms. The molecule has 0 spiro atoms. The first kappa shape index (κ1) is 16.0. The van der Waals surface area contributed by atoms with E-state index in [0.717, 1.165) is 16.7 Å². The van der Waals surface area contributed by atoms with Crippen molar-refractivity contribution in [2.75, 3.05) is 4.72 Å². The summed E-state index contributed by atoms with van der Waals surface area (Å²) in [5, 5.41) is 0. The predicted octanol–water partition coefficient (Wildman–Crippen LogP) is 4.30. The van der Waals surface area contributed by atoms with Crippen molar-refractivity contribution in [3.63, 3.8) is 0 Å². The molecule has 0 aliphatic rings. The van der Waals surface area contributed by atoms with Gasteiger partial charge < -0.3 is 0 Å². The fourth-order valence-corrected chi connectivity index (χ4v) is 3.09. The van der Waals surface area contributed by atoms with Crippen LogP contribution in [0.15, 0.2) is 66.1 Å². The Hall–Kier alpha value is -2.33. The van der Waals surface area contributed by atoms with Gasteiger partial charge in [-0.15, -0.1) is 0 Å². The number of aryl methyl sites for hydroxylation is 2. The molecule has 0 aliphatic carbocycles. The van der Waals surface area contributed by atoms with E-state index >= 15 is 0 Å². The summed E-state index contributed by atoms with van der Waals surface area (Å²) in [4.78, 5) is 0.248. The third-order valence-electron chi connectivity index (χ3n) is 3.19. The lowest BCUT2D eigenvalue weighted by molar-refractivity contribution is 0.601. The highest BCUT2D eigenvalue weighted by Crippen LogP contribution is 2.23. The average Bonchev–Trinajstić information content (AvgIpc) is 2.48. The second-order valence-electron chi connectivity index (χ2n) is 5.10. The van der Waals surface area contributed by atoms with Gasteiger partial charge >= 0.3 is 0 Å². The highest BCUT2D eigenvalue weighted by Gasteiger charge is 2.15. The number of anilines is 1. The van der Waals surface area contributed by atoms with Gasteiger partial charge in [0.15, 0.2) is 0 Å². The number of benzene rings is 2. The summed E-state index contributed by atoms with van der Waals surface area (Å²) in [7, 11) is -3.60. The molecule has 0 amide bonds. The van der Waals surface area contributed by atoms with Crippen molar-refractivity contribution in [3.8, 4) is 0 Å². The van der Waals surface area contributed by atoms with Gasteiger partial charge in [0.25, 0.3) is 10.0 Å². The van der Waals surface area contributed by atoms with Crippen LogP contribution in [0.5, 0.6) is 0 Å². The van der Waals surface area contributed by atoms with Gasteiger partial charge in [0.05, 0.1) is 10.6 Å². The molecule has 2 aromatic rings. The molecule has 0 saturated heterocycles. The molecule has 0 fully saturated rings. The minimum atomic E-state index is -3.60. The maximum Gasteiger partial charge on any atom is 0.261 e. The summed E-state index contributed by atoms with van der Waals surface area (Å²) < 4.78 is 27.6. The fourth-order valence-electron chi connectivity index (χ4n) is 2.01. The molecule has 1 N–H and O–H groups in total. The quantitative estimate of drug-likeness (QED) is 0.836. The van der Waals surface area contributed by atoms with Gasteiger partial charge in [-0.05, 0) is 43.7 Å². The van der Waals surface area contributed by atoms with E-state index in [4.69, 9.17) is 0 Å². The molecule has 22 heavy (non-hydrogen) atoms. The smallest absolute Gasteiger partial charge is 0.261 e. The minimum absolute atomic E-state index is 0.248. The Morgan fingerprint density at radius 3 is 2.27 bits per heavy atom. The summed E-state index contributed by atoms with van der Waals surface area (Å²) in [5.74, 6) is 0. The van der Waals surface area contributed by atoms with Crippen molar-refractivity contribution in [3.05, 3.63) is 77.9 Å². The molecule has 2 rings (SSSR count). The molecular formula is C18H19NO2S. The Bertz CT molecular complexity index is 803. The average molecular weight is 313 g/mol. The zero-order chi connectivity index (χ0) is 16.2. The van der Waals surface area contributed by atoms with Gasteiger partial charge in [0.1, 0.15) is 0 Å². The Balaban J connectivity index is 2.39. The molecular weight excluding hydrogens is 294 g/mol. The van der Waals surface area contributed by atoms with E-state index in [2.05, 4.69) is 11.3 Å². The number of hydrogen-bond acceptors (Lipinski definition) is 2. The zero-order valence-electron chi connectivity index (χ0n) is 12.7. The highest BCUT2D eigenvalue weighted by molar-refractivity contribution is 7.92. The van der Waals surface area contributed by atoms with Crippen LogP contribution < -0.4 is 4.72 Å². The molecule has 0 saturated carbocycles. The Morgan fingerprint density at radius 1 is 1.00 bits per heavy atom. The van der Waals surface area contributed by atoms with Crippen molar-refractivity contribution in [2.24, 2.45) is 0 Å². The third-order valence-corrected chi connectivity index (χ3v) is 4.58. The number of hydrogen-bond donors (Lipinski definition) is 1. The van der Waals surface area contributed by atoms with E-state index in [9.17, 15) is 8.42 Å². The van der Waals surface area contributed by atoms with Gasteiger partial charge in [0, 0.05) is 0 Å². The first-order valence-corrected chi connectivity index (χ1v) is 8.40. The second kappa shape index (κ2) is 6.62. The van der Waals surface area contributed by atoms with Crippen LogP contribution in [-0.4, -0.2) is 8.42 Å². The maximum absolute atomic E-state index is 12.5. The highest BCUT2D eigenvalue weighted by atomic mass is 32.2. The van der Waals surface area contributed by atoms with E-state index < -0.39 is 10.0 Å². The summed E-state index contributed by atoms with van der Waals surface area (Å²) >= 11 is 0. The molecule has 0 aliphatic heterocycles. The molecule has 3 nitrogen and oxygen atoms in total. The van der Waals surface area contributed by atoms with Gasteiger partial charge in [-0.3, -0.25) is 4.72 Å². The zero-order valence-corrected chi connectivity index (χ0v) is 13.5. The molecule has 0 atom stereocenters. The lowest BCUT2D eigenvalue weighted by Crippen LogP contribution is -2.13. The molecule has 114 valence electrons. The Kier molecular flexibility index (Phi) is 4.83. The van der Waals surface area contributed by atoms with Crippen LogP contribution in [0.1, 0.15) is 16.7 Å². The molecule has 0 aromatic heterocycles. The third kappa shape index (κ3) is 3.86. The van der Waals surface area contributed by atoms with Gasteiger partial charge in [0.2, 0.25) is 0 Å². The number of sulfonamides is 1. The monoisotopic (exact) mass is 313 g/mol. The molecule has 0 unspecified atom stereocenters. The van der Waals surface area contributed by atoms with Crippen LogP contribution >= 0.6 is 0 Å². The number of rotatable bonds is 5. The topological polar surface area (TPSA) is 46.2 Å². The van der Waals surface area contributed by atoms with Crippen molar-refractivity contribution < 1.29 is 8.42 Å². The lowest BCUT2D eigenvalue weighted by atomic mass is 10.1. The van der Waals surface area contributed by atoms with Crippen molar-refractivity contribution in [1.29, 1.82) is 0 Å². The first-order chi connectivity index (χ1) is 10.4. The predicted molar refractivity (Wildman–Crippen MR) is 92.4 cm³/mol. The normalized spacial score (nSPS) is 11.5. The Morgan fingerprint density at radius 2 is 1.64 bits per heavy atom. The Labute approximate surface area is 132 Å². The molecule has 2 aromatic carbocycles.